The first-order chi connectivity index (χ1) is 9.75. The number of carbonyl (C=O) groups is 4. The summed E-state index contributed by atoms with van der Waals surface area (Å²) in [6.45, 7) is 3.39. The van der Waals surface area contributed by atoms with Crippen LogP contribution in [-0.4, -0.2) is 57.5 Å². The predicted molar refractivity (Wildman–Crippen MR) is 71.4 cm³/mol. The zero-order valence-corrected chi connectivity index (χ0v) is 12.0. The van der Waals surface area contributed by atoms with Crippen molar-refractivity contribution in [2.24, 2.45) is 5.92 Å². The number of amides is 2. The van der Waals surface area contributed by atoms with Crippen molar-refractivity contribution < 1.29 is 29.4 Å². The standard InChI is InChI=1S/C13H20N2O6/c1-7(2)9(13(20)21)14-10(16)11(17)15-6-4-3-5-8(15)12(18)19/h7-9H,3-6H2,1-2H3,(H,14,16)(H,18,19)(H,20,21)/t8-,9-/m1/s1. The Morgan fingerprint density at radius 3 is 2.24 bits per heavy atom. The van der Waals surface area contributed by atoms with Gasteiger partial charge < -0.3 is 20.4 Å². The molecule has 2 atom stereocenters. The Morgan fingerprint density at radius 2 is 1.76 bits per heavy atom. The smallest absolute Gasteiger partial charge is 0.326 e. The molecule has 0 aromatic rings. The van der Waals surface area contributed by atoms with Crippen LogP contribution in [-0.2, 0) is 19.2 Å². The summed E-state index contributed by atoms with van der Waals surface area (Å²) in [7, 11) is 0. The van der Waals surface area contributed by atoms with Gasteiger partial charge in [-0.1, -0.05) is 13.8 Å². The van der Waals surface area contributed by atoms with Crippen LogP contribution in [0.5, 0.6) is 0 Å². The molecule has 1 aliphatic heterocycles. The molecule has 0 radical (unpaired) electrons. The van der Waals surface area contributed by atoms with Crippen molar-refractivity contribution in [3.8, 4) is 0 Å². The molecule has 0 saturated carbocycles. The quantitative estimate of drug-likeness (QED) is 0.611. The summed E-state index contributed by atoms with van der Waals surface area (Å²) in [6, 6.07) is -2.21. The van der Waals surface area contributed by atoms with Gasteiger partial charge in [-0.05, 0) is 25.2 Å². The Balaban J connectivity index is 2.78. The van der Waals surface area contributed by atoms with Crippen molar-refractivity contribution in [3.63, 3.8) is 0 Å². The minimum atomic E-state index is -1.24. The van der Waals surface area contributed by atoms with Gasteiger partial charge in [-0.3, -0.25) is 9.59 Å². The molecule has 1 fully saturated rings. The maximum absolute atomic E-state index is 12.1. The molecule has 8 nitrogen and oxygen atoms in total. The average Bonchev–Trinajstić information content (AvgIpc) is 2.42. The van der Waals surface area contributed by atoms with Gasteiger partial charge in [0, 0.05) is 6.54 Å². The van der Waals surface area contributed by atoms with E-state index in [1.165, 1.54) is 0 Å². The molecule has 2 amide bonds. The van der Waals surface area contributed by atoms with E-state index in [0.717, 1.165) is 4.90 Å². The van der Waals surface area contributed by atoms with Gasteiger partial charge in [0.25, 0.3) is 0 Å². The van der Waals surface area contributed by atoms with E-state index in [4.69, 9.17) is 10.2 Å². The van der Waals surface area contributed by atoms with Gasteiger partial charge in [-0.25, -0.2) is 9.59 Å². The topological polar surface area (TPSA) is 124 Å². The zero-order chi connectivity index (χ0) is 16.2. The third-order valence-electron chi connectivity index (χ3n) is 3.46. The lowest BCUT2D eigenvalue weighted by Crippen LogP contribution is -2.55. The molecule has 0 aliphatic carbocycles. The van der Waals surface area contributed by atoms with E-state index in [-0.39, 0.29) is 6.54 Å². The highest BCUT2D eigenvalue weighted by Gasteiger charge is 2.36. The summed E-state index contributed by atoms with van der Waals surface area (Å²) < 4.78 is 0. The Labute approximate surface area is 122 Å². The van der Waals surface area contributed by atoms with E-state index in [0.29, 0.717) is 19.3 Å². The van der Waals surface area contributed by atoms with Gasteiger partial charge in [0.05, 0.1) is 0 Å². The third kappa shape index (κ3) is 4.17. The number of carbonyl (C=O) groups excluding carboxylic acids is 2. The van der Waals surface area contributed by atoms with Gasteiger partial charge >= 0.3 is 23.8 Å². The molecule has 1 aliphatic rings. The second kappa shape index (κ2) is 7.05. The highest BCUT2D eigenvalue weighted by Crippen LogP contribution is 2.17. The summed E-state index contributed by atoms with van der Waals surface area (Å²) in [6.07, 6.45) is 1.59. The Hall–Kier alpha value is -2.12. The maximum Gasteiger partial charge on any atom is 0.326 e. The summed E-state index contributed by atoms with van der Waals surface area (Å²) >= 11 is 0. The molecule has 0 aromatic carbocycles. The molecule has 0 spiro atoms. The number of hydrogen-bond donors (Lipinski definition) is 3. The number of aliphatic carboxylic acids is 2. The molecular weight excluding hydrogens is 280 g/mol. The van der Waals surface area contributed by atoms with Gasteiger partial charge in [0.15, 0.2) is 0 Å². The average molecular weight is 300 g/mol. The number of likely N-dealkylation sites (tertiary alicyclic amines) is 1. The van der Waals surface area contributed by atoms with E-state index in [1.807, 2.05) is 0 Å². The van der Waals surface area contributed by atoms with Gasteiger partial charge in [0.1, 0.15) is 12.1 Å². The number of carboxylic acid groups (broad SMARTS) is 2. The minimum Gasteiger partial charge on any atom is -0.480 e. The van der Waals surface area contributed by atoms with Crippen molar-refractivity contribution >= 4 is 23.8 Å². The largest absolute Gasteiger partial charge is 0.480 e. The fraction of sp³-hybridized carbons (Fsp3) is 0.692. The first-order valence-electron chi connectivity index (χ1n) is 6.82. The first-order valence-corrected chi connectivity index (χ1v) is 6.82. The lowest BCUT2D eigenvalue weighted by atomic mass is 10.0. The molecule has 0 aromatic heterocycles. The number of piperidine rings is 1. The fourth-order valence-corrected chi connectivity index (χ4v) is 2.28. The second-order valence-corrected chi connectivity index (χ2v) is 5.38. The van der Waals surface area contributed by atoms with E-state index in [9.17, 15) is 19.2 Å². The van der Waals surface area contributed by atoms with Crippen molar-refractivity contribution in [1.82, 2.24) is 10.2 Å². The number of nitrogens with one attached hydrogen (secondary N) is 1. The number of nitrogens with zero attached hydrogens (tertiary/aromatic N) is 1. The lowest BCUT2D eigenvalue weighted by Gasteiger charge is -2.32. The molecule has 1 rings (SSSR count). The van der Waals surface area contributed by atoms with E-state index in [1.54, 1.807) is 13.8 Å². The lowest BCUT2D eigenvalue weighted by molar-refractivity contribution is -0.157. The number of rotatable bonds is 4. The summed E-state index contributed by atoms with van der Waals surface area (Å²) in [5.74, 6) is -4.86. The molecule has 1 heterocycles. The van der Waals surface area contributed by atoms with Crippen LogP contribution in [0.15, 0.2) is 0 Å². The first kappa shape index (κ1) is 16.9. The van der Waals surface area contributed by atoms with Crippen LogP contribution in [0.2, 0.25) is 0 Å². The van der Waals surface area contributed by atoms with Gasteiger partial charge in [-0.15, -0.1) is 0 Å². The normalized spacial score (nSPS) is 20.0. The molecule has 1 saturated heterocycles. The highest BCUT2D eigenvalue weighted by molar-refractivity contribution is 6.35. The highest BCUT2D eigenvalue weighted by atomic mass is 16.4. The molecule has 8 heteroatoms. The van der Waals surface area contributed by atoms with Gasteiger partial charge in [-0.2, -0.15) is 0 Å². The monoisotopic (exact) mass is 300 g/mol. The minimum absolute atomic E-state index is 0.183. The molecule has 0 bridgehead atoms. The summed E-state index contributed by atoms with van der Waals surface area (Å²) in [5.41, 5.74) is 0. The SMILES string of the molecule is CC(C)[C@@H](NC(=O)C(=O)N1CCCC[C@@H]1C(=O)O)C(=O)O. The van der Waals surface area contributed by atoms with Crippen molar-refractivity contribution in [2.75, 3.05) is 6.54 Å². The maximum atomic E-state index is 12.1. The Morgan fingerprint density at radius 1 is 1.14 bits per heavy atom. The third-order valence-corrected chi connectivity index (χ3v) is 3.46. The van der Waals surface area contributed by atoms with Crippen LogP contribution in [0.1, 0.15) is 33.1 Å². The van der Waals surface area contributed by atoms with Gasteiger partial charge in [0.2, 0.25) is 0 Å². The number of carboxylic acids is 2. The van der Waals surface area contributed by atoms with Crippen LogP contribution in [0.4, 0.5) is 0 Å². The second-order valence-electron chi connectivity index (χ2n) is 5.38. The summed E-state index contributed by atoms with van der Waals surface area (Å²) in [5, 5.41) is 20.2. The van der Waals surface area contributed by atoms with E-state index in [2.05, 4.69) is 5.32 Å². The predicted octanol–water partition coefficient (Wildman–Crippen LogP) is -0.322. The molecule has 0 unspecified atom stereocenters. The van der Waals surface area contributed by atoms with Crippen LogP contribution in [0, 0.1) is 5.92 Å². The molecule has 118 valence electrons. The molecule has 3 N–H and O–H groups in total. The van der Waals surface area contributed by atoms with E-state index < -0.39 is 41.8 Å². The molecule has 21 heavy (non-hydrogen) atoms. The van der Waals surface area contributed by atoms with E-state index >= 15 is 0 Å². The Bertz CT molecular complexity index is 448. The van der Waals surface area contributed by atoms with Crippen LogP contribution >= 0.6 is 0 Å². The zero-order valence-electron chi connectivity index (χ0n) is 12.0. The van der Waals surface area contributed by atoms with Crippen LogP contribution in [0.3, 0.4) is 0 Å². The van der Waals surface area contributed by atoms with Crippen LogP contribution < -0.4 is 5.32 Å². The molecular formula is C13H20N2O6. The van der Waals surface area contributed by atoms with Crippen molar-refractivity contribution in [3.05, 3.63) is 0 Å². The Kier molecular flexibility index (Phi) is 5.69. The van der Waals surface area contributed by atoms with Crippen LogP contribution in [0.25, 0.3) is 0 Å². The van der Waals surface area contributed by atoms with Crippen molar-refractivity contribution in [2.45, 2.75) is 45.2 Å². The fourth-order valence-electron chi connectivity index (χ4n) is 2.28. The summed E-state index contributed by atoms with van der Waals surface area (Å²) in [4.78, 5) is 47.0. The number of hydrogen-bond acceptors (Lipinski definition) is 4. The van der Waals surface area contributed by atoms with Crippen molar-refractivity contribution in [1.29, 1.82) is 0 Å².